The predicted molar refractivity (Wildman–Crippen MR) is 121 cm³/mol. The average molecular weight is 411 g/mol. The van der Waals surface area contributed by atoms with Gasteiger partial charge in [0.05, 0.1) is 22.3 Å². The second-order valence-electron chi connectivity index (χ2n) is 7.14. The largest absolute Gasteiger partial charge is 0.570 e. The predicted octanol–water partition coefficient (Wildman–Crippen LogP) is 2.12. The summed E-state index contributed by atoms with van der Waals surface area (Å²) in [5, 5.41) is 3.99. The van der Waals surface area contributed by atoms with Crippen molar-refractivity contribution in [3.8, 4) is 0 Å². The number of pyridine rings is 1. The van der Waals surface area contributed by atoms with Gasteiger partial charge >= 0.3 is 0 Å². The molecular weight excluding hydrogens is 382 g/mol. The fraction of sp³-hybridized carbons (Fsp3) is 0.409. The Balaban J connectivity index is 1.80. The van der Waals surface area contributed by atoms with Crippen molar-refractivity contribution in [2.75, 3.05) is 13.6 Å². The van der Waals surface area contributed by atoms with Gasteiger partial charge in [-0.05, 0) is 43.9 Å². The number of rotatable bonds is 7. The molecule has 2 heterocycles. The summed E-state index contributed by atoms with van der Waals surface area (Å²) in [5.41, 5.74) is 11.4. The molecule has 2 aliphatic rings. The normalized spacial score (nSPS) is 22.4. The summed E-state index contributed by atoms with van der Waals surface area (Å²) in [7, 11) is 1.77. The Labute approximate surface area is 176 Å². The number of nitrogens with two attached hydrogens (primary N) is 1. The van der Waals surface area contributed by atoms with Gasteiger partial charge in [-0.2, -0.15) is 0 Å². The minimum atomic E-state index is -0.101. The first-order valence-corrected chi connectivity index (χ1v) is 10.8. The minimum absolute atomic E-state index is 0.0363. The van der Waals surface area contributed by atoms with E-state index in [0.717, 1.165) is 34.6 Å². The Morgan fingerprint density at radius 3 is 3.00 bits per heavy atom. The van der Waals surface area contributed by atoms with Crippen molar-refractivity contribution in [3.63, 3.8) is 0 Å². The molecular formula is C22H28N5OS-. The van der Waals surface area contributed by atoms with Gasteiger partial charge in [0, 0.05) is 17.6 Å². The number of aromatic nitrogens is 1. The highest BCUT2D eigenvalue weighted by molar-refractivity contribution is 8.04. The van der Waals surface area contributed by atoms with Gasteiger partial charge in [0.2, 0.25) is 0 Å². The molecule has 0 aromatic carbocycles. The number of amidine groups is 1. The van der Waals surface area contributed by atoms with E-state index in [9.17, 15) is 4.79 Å². The molecule has 0 fully saturated rings. The number of hydrogen-bond acceptors (Lipinski definition) is 6. The van der Waals surface area contributed by atoms with E-state index < -0.39 is 0 Å². The zero-order valence-corrected chi connectivity index (χ0v) is 18.0. The first kappa shape index (κ1) is 21.3. The summed E-state index contributed by atoms with van der Waals surface area (Å²) >= 11 is 1.55. The van der Waals surface area contributed by atoms with E-state index in [2.05, 4.69) is 28.6 Å². The van der Waals surface area contributed by atoms with Crippen LogP contribution in [0, 0.1) is 5.92 Å². The van der Waals surface area contributed by atoms with Crippen LogP contribution in [-0.4, -0.2) is 47.0 Å². The maximum Gasteiger partial charge on any atom is 0.133 e. The minimum Gasteiger partial charge on any atom is -0.570 e. The molecule has 6 nitrogen and oxygen atoms in total. The summed E-state index contributed by atoms with van der Waals surface area (Å²) in [6, 6.07) is 4.01. The van der Waals surface area contributed by atoms with Gasteiger partial charge in [0.1, 0.15) is 12.1 Å². The van der Waals surface area contributed by atoms with Crippen LogP contribution in [-0.2, 0) is 4.79 Å². The fourth-order valence-electron chi connectivity index (χ4n) is 3.52. The van der Waals surface area contributed by atoms with Crippen LogP contribution < -0.4 is 16.3 Å². The number of fused-ring (bicyclic) bond motifs is 1. The third-order valence-corrected chi connectivity index (χ3v) is 6.28. The molecule has 0 saturated carbocycles. The number of hydrogen-bond donors (Lipinski definition) is 1. The van der Waals surface area contributed by atoms with Gasteiger partial charge in [-0.1, -0.05) is 30.4 Å². The Morgan fingerprint density at radius 1 is 1.45 bits per heavy atom. The Kier molecular flexibility index (Phi) is 7.28. The monoisotopic (exact) mass is 410 g/mol. The summed E-state index contributed by atoms with van der Waals surface area (Å²) in [5.74, 6) is 1.00. The first-order chi connectivity index (χ1) is 14.0. The van der Waals surface area contributed by atoms with Crippen molar-refractivity contribution >= 4 is 36.0 Å². The van der Waals surface area contributed by atoms with Crippen LogP contribution in [0.5, 0.6) is 0 Å². The highest BCUT2D eigenvalue weighted by Gasteiger charge is 2.22. The second-order valence-corrected chi connectivity index (χ2v) is 8.59. The lowest BCUT2D eigenvalue weighted by atomic mass is 9.98. The highest BCUT2D eigenvalue weighted by atomic mass is 32.2. The van der Waals surface area contributed by atoms with E-state index in [4.69, 9.17) is 10.7 Å². The quantitative estimate of drug-likeness (QED) is 0.550. The number of aldehydes is 1. The zero-order chi connectivity index (χ0) is 20.8. The third kappa shape index (κ3) is 5.16. The standard InChI is InChI=1S/C22H28N5OS/c1-4-21(29-15(2)14-28)20-10-8-18(23)22(26-20)27(24-3)13-16-7-9-19-17(12-16)6-5-11-25-19/h4-6,8-9,11-12,14-16,20H,7,10,13,23H2,1-3H3/q-1/b21-4-. The van der Waals surface area contributed by atoms with E-state index in [1.165, 1.54) is 0 Å². The van der Waals surface area contributed by atoms with Crippen molar-refractivity contribution < 1.29 is 4.79 Å². The van der Waals surface area contributed by atoms with E-state index in [-0.39, 0.29) is 11.3 Å². The fourth-order valence-corrected chi connectivity index (χ4v) is 4.45. The van der Waals surface area contributed by atoms with Gasteiger partial charge in [0.25, 0.3) is 0 Å². The summed E-state index contributed by atoms with van der Waals surface area (Å²) in [4.78, 5) is 21.5. The first-order valence-electron chi connectivity index (χ1n) is 9.88. The lowest BCUT2D eigenvalue weighted by molar-refractivity contribution is -0.107. The topological polar surface area (TPSA) is 85.7 Å². The molecule has 3 atom stereocenters. The maximum atomic E-state index is 11.1. The lowest BCUT2D eigenvalue weighted by Crippen LogP contribution is -2.39. The summed E-state index contributed by atoms with van der Waals surface area (Å²) < 4.78 is 0. The van der Waals surface area contributed by atoms with Gasteiger partial charge < -0.3 is 21.0 Å². The molecule has 0 radical (unpaired) electrons. The molecule has 29 heavy (non-hydrogen) atoms. The van der Waals surface area contributed by atoms with Gasteiger partial charge in [0.15, 0.2) is 0 Å². The molecule has 3 unspecified atom stereocenters. The summed E-state index contributed by atoms with van der Waals surface area (Å²) in [6.45, 7) is 4.58. The molecule has 2 N–H and O–H groups in total. The van der Waals surface area contributed by atoms with Crippen molar-refractivity contribution in [2.45, 2.75) is 38.0 Å². The van der Waals surface area contributed by atoms with Gasteiger partial charge in [-0.15, -0.1) is 18.8 Å². The Morgan fingerprint density at radius 2 is 2.28 bits per heavy atom. The smallest absolute Gasteiger partial charge is 0.133 e. The number of dihydropyridines is 1. The molecule has 0 amide bonds. The Hall–Kier alpha value is -2.38. The second kappa shape index (κ2) is 9.89. The number of carbonyl (C=O) groups excluding carboxylic acids is 1. The molecule has 154 valence electrons. The van der Waals surface area contributed by atoms with Crippen LogP contribution in [0.2, 0.25) is 0 Å². The number of nitrogens with zero attached hydrogens (tertiary/aromatic N) is 4. The summed E-state index contributed by atoms with van der Waals surface area (Å²) in [6.07, 6.45) is 12.9. The maximum absolute atomic E-state index is 11.1. The number of carbonyl (C=O) groups is 1. The van der Waals surface area contributed by atoms with E-state index in [1.807, 2.05) is 43.3 Å². The van der Waals surface area contributed by atoms with Crippen LogP contribution in [0.3, 0.4) is 0 Å². The highest BCUT2D eigenvalue weighted by Crippen LogP contribution is 2.30. The van der Waals surface area contributed by atoms with Crippen LogP contribution in [0.4, 0.5) is 0 Å². The van der Waals surface area contributed by atoms with Crippen molar-refractivity contribution in [1.29, 1.82) is 0 Å². The third-order valence-electron chi connectivity index (χ3n) is 5.02. The molecule has 1 aliphatic carbocycles. The molecule has 1 aliphatic heterocycles. The molecule has 1 aromatic rings. The van der Waals surface area contributed by atoms with E-state index >= 15 is 0 Å². The van der Waals surface area contributed by atoms with Gasteiger partial charge in [-0.3, -0.25) is 9.98 Å². The SMILES string of the molecule is C/C=C(\SC(C)C=O)C1CC=C(N)C(N(CC2C=c3cccnc3=CC2)[N-]C)=N1. The van der Waals surface area contributed by atoms with Crippen LogP contribution in [0.25, 0.3) is 17.6 Å². The number of allylic oxidation sites excluding steroid dienone is 1. The number of thioether (sulfide) groups is 1. The van der Waals surface area contributed by atoms with E-state index in [0.29, 0.717) is 24.0 Å². The van der Waals surface area contributed by atoms with Crippen LogP contribution in [0.1, 0.15) is 26.7 Å². The van der Waals surface area contributed by atoms with Crippen molar-refractivity contribution in [3.05, 3.63) is 57.1 Å². The molecule has 0 bridgehead atoms. The zero-order valence-electron chi connectivity index (χ0n) is 17.2. The lowest BCUT2D eigenvalue weighted by Gasteiger charge is -2.41. The van der Waals surface area contributed by atoms with E-state index in [1.54, 1.807) is 18.8 Å². The number of aliphatic imine (C=N–C) groups is 1. The van der Waals surface area contributed by atoms with Gasteiger partial charge in [-0.25, -0.2) is 0 Å². The Bertz CT molecular complexity index is 952. The molecule has 7 heteroatoms. The molecule has 0 spiro atoms. The van der Waals surface area contributed by atoms with Crippen molar-refractivity contribution in [1.82, 2.24) is 9.99 Å². The van der Waals surface area contributed by atoms with Crippen LogP contribution in [0.15, 0.2) is 46.1 Å². The van der Waals surface area contributed by atoms with Crippen LogP contribution >= 0.6 is 11.8 Å². The van der Waals surface area contributed by atoms with Crippen molar-refractivity contribution in [2.24, 2.45) is 16.6 Å². The molecule has 1 aromatic heterocycles. The average Bonchev–Trinajstić information content (AvgIpc) is 2.76. The molecule has 3 rings (SSSR count). The molecule has 0 saturated heterocycles.